The molecule has 0 aliphatic rings. The number of pyridine rings is 1. The fraction of sp³-hybridized carbons (Fsp3) is 0.400. The van der Waals surface area contributed by atoms with Crippen molar-refractivity contribution in [2.45, 2.75) is 6.92 Å². The third kappa shape index (κ3) is 4.58. The molecule has 1 heterocycles. The molecule has 0 radical (unpaired) electrons. The summed E-state index contributed by atoms with van der Waals surface area (Å²) in [5.74, 6) is 4.95. The van der Waals surface area contributed by atoms with Gasteiger partial charge in [0.15, 0.2) is 0 Å². The van der Waals surface area contributed by atoms with Gasteiger partial charge in [-0.05, 0) is 6.07 Å². The topological polar surface area (TPSA) is 88.3 Å². The van der Waals surface area contributed by atoms with Crippen LogP contribution in [0.1, 0.15) is 22.8 Å². The van der Waals surface area contributed by atoms with Gasteiger partial charge < -0.3 is 16.0 Å². The normalized spacial score (nSPS) is 11.0. The number of hydrogen-bond acceptors (Lipinski definition) is 4. The maximum absolute atomic E-state index is 12.4. The van der Waals surface area contributed by atoms with Gasteiger partial charge in [0.2, 0.25) is 5.91 Å². The van der Waals surface area contributed by atoms with Gasteiger partial charge in [0.1, 0.15) is 0 Å². The molecule has 0 spiro atoms. The fourth-order valence-corrected chi connectivity index (χ4v) is 1.86. The molecule has 1 rings (SSSR count). The molecule has 1 unspecified atom stereocenters. The molecule has 0 aromatic carbocycles. The Morgan fingerprint density at radius 2 is 2.24 bits per heavy atom. The van der Waals surface area contributed by atoms with Crippen molar-refractivity contribution in [1.29, 1.82) is 0 Å². The highest BCUT2D eigenvalue weighted by Crippen LogP contribution is 2.10. The quantitative estimate of drug-likeness (QED) is 0.754. The molecule has 1 aromatic heterocycles. The lowest BCUT2D eigenvalue weighted by atomic mass is 10.1. The van der Waals surface area contributed by atoms with Crippen LogP contribution in [0.3, 0.4) is 0 Å². The third-order valence-electron chi connectivity index (χ3n) is 2.97. The van der Waals surface area contributed by atoms with Crippen LogP contribution in [0.25, 0.3) is 0 Å². The molecule has 0 aliphatic heterocycles. The van der Waals surface area contributed by atoms with Crippen LogP contribution < -0.4 is 11.1 Å². The van der Waals surface area contributed by atoms with Crippen molar-refractivity contribution in [2.24, 2.45) is 11.7 Å². The summed E-state index contributed by atoms with van der Waals surface area (Å²) in [5.41, 5.74) is 6.33. The van der Waals surface area contributed by atoms with Gasteiger partial charge in [-0.1, -0.05) is 18.8 Å². The summed E-state index contributed by atoms with van der Waals surface area (Å²) < 4.78 is 0. The van der Waals surface area contributed by atoms with Crippen LogP contribution in [0.15, 0.2) is 18.5 Å². The molecule has 3 N–H and O–H groups in total. The highest BCUT2D eigenvalue weighted by molar-refractivity contribution is 5.96. The van der Waals surface area contributed by atoms with Gasteiger partial charge in [-0.15, -0.1) is 0 Å². The van der Waals surface area contributed by atoms with Crippen LogP contribution in [0.5, 0.6) is 0 Å². The minimum absolute atomic E-state index is 0.104. The van der Waals surface area contributed by atoms with Crippen LogP contribution in [-0.4, -0.2) is 48.9 Å². The number of nitrogens with one attached hydrogen (secondary N) is 1. The van der Waals surface area contributed by atoms with Crippen LogP contribution in [0, 0.1) is 17.8 Å². The first-order valence-corrected chi connectivity index (χ1v) is 6.61. The number of carbonyl (C=O) groups is 2. The van der Waals surface area contributed by atoms with E-state index in [-0.39, 0.29) is 24.3 Å². The van der Waals surface area contributed by atoms with E-state index in [1.54, 1.807) is 27.1 Å². The zero-order chi connectivity index (χ0) is 15.8. The van der Waals surface area contributed by atoms with Crippen molar-refractivity contribution in [3.63, 3.8) is 0 Å². The minimum Gasteiger partial charge on any atom is -0.359 e. The van der Waals surface area contributed by atoms with E-state index in [1.807, 2.05) is 0 Å². The Bertz CT molecular complexity index is 575. The van der Waals surface area contributed by atoms with Gasteiger partial charge >= 0.3 is 0 Å². The molecular weight excluding hydrogens is 268 g/mol. The molecule has 112 valence electrons. The minimum atomic E-state index is -0.288. The number of aromatic nitrogens is 1. The fourth-order valence-electron chi connectivity index (χ4n) is 1.86. The monoisotopic (exact) mass is 288 g/mol. The first-order chi connectivity index (χ1) is 10.0. The van der Waals surface area contributed by atoms with E-state index in [1.165, 1.54) is 17.3 Å². The maximum atomic E-state index is 12.4. The van der Waals surface area contributed by atoms with Crippen molar-refractivity contribution in [1.82, 2.24) is 15.2 Å². The second kappa shape index (κ2) is 8.02. The summed E-state index contributed by atoms with van der Waals surface area (Å²) in [6.45, 7) is 2.31. The van der Waals surface area contributed by atoms with Crippen molar-refractivity contribution in [2.75, 3.05) is 27.2 Å². The Kier molecular flexibility index (Phi) is 6.37. The molecule has 6 heteroatoms. The Morgan fingerprint density at radius 1 is 1.52 bits per heavy atom. The molecule has 6 nitrogen and oxygen atoms in total. The SMILES string of the molecule is CNC(=O)C(C)CN(C)C(=O)c1ccncc1C#CCN. The molecule has 1 aromatic rings. The van der Waals surface area contributed by atoms with E-state index in [9.17, 15) is 9.59 Å². The highest BCUT2D eigenvalue weighted by Gasteiger charge is 2.20. The van der Waals surface area contributed by atoms with Crippen molar-refractivity contribution < 1.29 is 9.59 Å². The number of nitrogens with zero attached hydrogens (tertiary/aromatic N) is 2. The average molecular weight is 288 g/mol. The van der Waals surface area contributed by atoms with Crippen LogP contribution in [0.2, 0.25) is 0 Å². The first kappa shape index (κ1) is 16.7. The molecule has 0 aliphatic carbocycles. The zero-order valence-corrected chi connectivity index (χ0v) is 12.5. The van der Waals surface area contributed by atoms with Gasteiger partial charge in [-0.25, -0.2) is 0 Å². The molecular formula is C15H20N4O2. The standard InChI is InChI=1S/C15H20N4O2/c1-11(14(20)17-2)10-19(3)15(21)13-6-8-18-9-12(13)5-4-7-16/h6,8-9,11H,7,10,16H2,1-3H3,(H,17,20). The molecule has 0 saturated carbocycles. The second-order valence-electron chi connectivity index (χ2n) is 4.63. The largest absolute Gasteiger partial charge is 0.359 e. The van der Waals surface area contributed by atoms with Crippen molar-refractivity contribution in [3.8, 4) is 11.8 Å². The third-order valence-corrected chi connectivity index (χ3v) is 2.97. The molecule has 1 atom stereocenters. The van der Waals surface area contributed by atoms with E-state index in [0.29, 0.717) is 17.7 Å². The molecule has 0 bridgehead atoms. The number of rotatable bonds is 4. The second-order valence-corrected chi connectivity index (χ2v) is 4.63. The first-order valence-electron chi connectivity index (χ1n) is 6.61. The summed E-state index contributed by atoms with van der Waals surface area (Å²) in [4.78, 5) is 29.4. The van der Waals surface area contributed by atoms with Gasteiger partial charge in [0, 0.05) is 33.0 Å². The van der Waals surface area contributed by atoms with Crippen LogP contribution >= 0.6 is 0 Å². The van der Waals surface area contributed by atoms with Gasteiger partial charge in [0.25, 0.3) is 5.91 Å². The van der Waals surface area contributed by atoms with Crippen LogP contribution in [-0.2, 0) is 4.79 Å². The summed E-state index contributed by atoms with van der Waals surface area (Å²) in [6.07, 6.45) is 3.07. The Labute approximate surface area is 124 Å². The highest BCUT2D eigenvalue weighted by atomic mass is 16.2. The molecule has 0 saturated heterocycles. The number of hydrogen-bond donors (Lipinski definition) is 2. The number of amides is 2. The van der Waals surface area contributed by atoms with E-state index in [2.05, 4.69) is 22.1 Å². The lowest BCUT2D eigenvalue weighted by Crippen LogP contribution is -2.37. The van der Waals surface area contributed by atoms with Gasteiger partial charge in [0.05, 0.1) is 23.6 Å². The summed E-state index contributed by atoms with van der Waals surface area (Å²) in [6, 6.07) is 1.62. The van der Waals surface area contributed by atoms with Gasteiger partial charge in [-0.3, -0.25) is 14.6 Å². The van der Waals surface area contributed by atoms with Crippen molar-refractivity contribution in [3.05, 3.63) is 29.6 Å². The average Bonchev–Trinajstić information content (AvgIpc) is 2.51. The van der Waals surface area contributed by atoms with E-state index >= 15 is 0 Å². The number of carbonyl (C=O) groups excluding carboxylic acids is 2. The molecule has 2 amide bonds. The summed E-state index contributed by atoms with van der Waals surface area (Å²) >= 11 is 0. The predicted octanol–water partition coefficient (Wildman–Crippen LogP) is -0.154. The Balaban J connectivity index is 2.90. The lowest BCUT2D eigenvalue weighted by Gasteiger charge is -2.21. The van der Waals surface area contributed by atoms with E-state index in [0.717, 1.165) is 0 Å². The zero-order valence-electron chi connectivity index (χ0n) is 12.5. The smallest absolute Gasteiger partial charge is 0.254 e. The summed E-state index contributed by atoms with van der Waals surface area (Å²) in [7, 11) is 3.23. The number of nitrogens with two attached hydrogens (primary N) is 1. The lowest BCUT2D eigenvalue weighted by molar-refractivity contribution is -0.124. The molecule has 0 fully saturated rings. The molecule has 21 heavy (non-hydrogen) atoms. The Hall–Kier alpha value is -2.39. The predicted molar refractivity (Wildman–Crippen MR) is 80.4 cm³/mol. The summed E-state index contributed by atoms with van der Waals surface area (Å²) in [5, 5.41) is 2.56. The van der Waals surface area contributed by atoms with Crippen molar-refractivity contribution >= 4 is 11.8 Å². The van der Waals surface area contributed by atoms with Gasteiger partial charge in [-0.2, -0.15) is 0 Å². The van der Waals surface area contributed by atoms with E-state index in [4.69, 9.17) is 5.73 Å². The Morgan fingerprint density at radius 3 is 2.86 bits per heavy atom. The van der Waals surface area contributed by atoms with E-state index < -0.39 is 0 Å². The van der Waals surface area contributed by atoms with Crippen LogP contribution in [0.4, 0.5) is 0 Å². The maximum Gasteiger partial charge on any atom is 0.254 e.